The standard InChI is InChI=1S/C53H76O12/c1-45(2,54)33-17-34(46(3,4)55)22-41(21-33)62-29-53(30-63-42-23-35(47(5,6)56)18-36(24-42)48(7,8)57,31-64-43-25-37(49(9,10)58)19-38(26-43)50(11,12)59)32-65-44-27-39(51(13,14)60)20-40(28-44)52(15,16)61/h17-28,54-61H,29-32H2,1-16H3. The Bertz CT molecular complexity index is 1800. The van der Waals surface area contributed by atoms with E-state index < -0.39 is 50.2 Å². The van der Waals surface area contributed by atoms with Crippen LogP contribution >= 0.6 is 0 Å². The summed E-state index contributed by atoms with van der Waals surface area (Å²) in [6, 6.07) is 20.4. The van der Waals surface area contributed by atoms with E-state index in [9.17, 15) is 40.9 Å². The van der Waals surface area contributed by atoms with Gasteiger partial charge < -0.3 is 59.8 Å². The molecule has 0 saturated carbocycles. The quantitative estimate of drug-likeness (QED) is 0.0425. The molecule has 0 bridgehead atoms. The molecule has 4 aromatic rings. The molecule has 0 heterocycles. The number of ether oxygens (including phenoxy) is 4. The molecule has 0 unspecified atom stereocenters. The molecule has 0 fully saturated rings. The first-order valence-corrected chi connectivity index (χ1v) is 22.1. The van der Waals surface area contributed by atoms with Crippen molar-refractivity contribution in [3.63, 3.8) is 0 Å². The molecule has 0 aliphatic carbocycles. The van der Waals surface area contributed by atoms with Crippen molar-refractivity contribution in [3.8, 4) is 23.0 Å². The summed E-state index contributed by atoms with van der Waals surface area (Å²) in [5.41, 5.74) is -7.74. The first kappa shape index (κ1) is 53.4. The highest BCUT2D eigenvalue weighted by atomic mass is 16.5. The Morgan fingerprint density at radius 1 is 0.246 bits per heavy atom. The largest absolute Gasteiger partial charge is 0.493 e. The predicted molar refractivity (Wildman–Crippen MR) is 252 cm³/mol. The highest BCUT2D eigenvalue weighted by Crippen LogP contribution is 2.38. The fourth-order valence-corrected chi connectivity index (χ4v) is 6.75. The third-order valence-electron chi connectivity index (χ3n) is 11.5. The number of aliphatic hydroxyl groups is 8. The second-order valence-corrected chi connectivity index (χ2v) is 22.1. The molecule has 12 heteroatoms. The summed E-state index contributed by atoms with van der Waals surface area (Å²) in [5.74, 6) is 1.28. The molecule has 0 aliphatic heterocycles. The van der Waals surface area contributed by atoms with Gasteiger partial charge in [-0.15, -0.1) is 0 Å². The normalized spacial score (nSPS) is 13.8. The van der Waals surface area contributed by atoms with Gasteiger partial charge in [0.1, 0.15) is 54.8 Å². The number of benzene rings is 4. The molecule has 65 heavy (non-hydrogen) atoms. The summed E-state index contributed by atoms with van der Waals surface area (Å²) in [7, 11) is 0. The van der Waals surface area contributed by atoms with Crippen LogP contribution in [-0.4, -0.2) is 67.3 Å². The van der Waals surface area contributed by atoms with Crippen LogP contribution in [0, 0.1) is 5.41 Å². The van der Waals surface area contributed by atoms with E-state index in [2.05, 4.69) is 0 Å². The van der Waals surface area contributed by atoms with Gasteiger partial charge in [0.05, 0.1) is 44.8 Å². The lowest BCUT2D eigenvalue weighted by atomic mass is 9.89. The van der Waals surface area contributed by atoms with E-state index in [1.165, 1.54) is 0 Å². The summed E-state index contributed by atoms with van der Waals surface area (Å²) in [6.07, 6.45) is 0. The average molecular weight is 905 g/mol. The fourth-order valence-electron chi connectivity index (χ4n) is 6.75. The van der Waals surface area contributed by atoms with Crippen molar-refractivity contribution in [2.45, 2.75) is 156 Å². The molecule has 4 rings (SSSR count). The van der Waals surface area contributed by atoms with Crippen LogP contribution in [0.25, 0.3) is 0 Å². The summed E-state index contributed by atoms with van der Waals surface area (Å²) in [5, 5.41) is 89.1. The van der Waals surface area contributed by atoms with Crippen LogP contribution in [0.5, 0.6) is 23.0 Å². The van der Waals surface area contributed by atoms with Crippen LogP contribution in [0.15, 0.2) is 72.8 Å². The Labute approximate surface area is 386 Å². The highest BCUT2D eigenvalue weighted by molar-refractivity contribution is 5.43. The lowest BCUT2D eigenvalue weighted by molar-refractivity contribution is -0.00496. The molecule has 12 nitrogen and oxygen atoms in total. The Morgan fingerprint density at radius 3 is 0.477 bits per heavy atom. The van der Waals surface area contributed by atoms with Crippen molar-refractivity contribution < 1.29 is 59.8 Å². The maximum Gasteiger partial charge on any atom is 0.120 e. The monoisotopic (exact) mass is 905 g/mol. The molecule has 0 amide bonds. The molecule has 0 aromatic heterocycles. The van der Waals surface area contributed by atoms with Crippen molar-refractivity contribution in [2.75, 3.05) is 26.4 Å². The van der Waals surface area contributed by atoms with Gasteiger partial charge in [0.25, 0.3) is 0 Å². The molecule has 0 aliphatic rings. The van der Waals surface area contributed by atoms with E-state index in [4.69, 9.17) is 18.9 Å². The van der Waals surface area contributed by atoms with Gasteiger partial charge in [0.15, 0.2) is 0 Å². The molecular formula is C53H76O12. The fraction of sp³-hybridized carbons (Fsp3) is 0.547. The smallest absolute Gasteiger partial charge is 0.120 e. The van der Waals surface area contributed by atoms with E-state index in [0.29, 0.717) is 67.5 Å². The molecule has 0 spiro atoms. The van der Waals surface area contributed by atoms with Crippen LogP contribution in [0.2, 0.25) is 0 Å². The van der Waals surface area contributed by atoms with Crippen LogP contribution < -0.4 is 18.9 Å². The molecular weight excluding hydrogens is 829 g/mol. The van der Waals surface area contributed by atoms with Gasteiger partial charge in [-0.05, 0) is 228 Å². The van der Waals surface area contributed by atoms with Gasteiger partial charge in [-0.25, -0.2) is 0 Å². The third-order valence-corrected chi connectivity index (χ3v) is 11.5. The zero-order valence-corrected chi connectivity index (χ0v) is 41.5. The van der Waals surface area contributed by atoms with Gasteiger partial charge in [-0.1, -0.05) is 0 Å². The maximum atomic E-state index is 11.1. The minimum atomic E-state index is -1.30. The van der Waals surface area contributed by atoms with Gasteiger partial charge in [0, 0.05) is 0 Å². The Balaban J connectivity index is 1.99. The van der Waals surface area contributed by atoms with Crippen LogP contribution in [0.1, 0.15) is 155 Å². The van der Waals surface area contributed by atoms with Crippen LogP contribution in [0.4, 0.5) is 0 Å². The van der Waals surface area contributed by atoms with Gasteiger partial charge in [0.2, 0.25) is 0 Å². The minimum absolute atomic E-state index is 0.162. The lowest BCUT2D eigenvalue weighted by Crippen LogP contribution is -2.45. The Kier molecular flexibility index (Phi) is 15.1. The van der Waals surface area contributed by atoms with Gasteiger partial charge in [-0.3, -0.25) is 0 Å². The van der Waals surface area contributed by atoms with Gasteiger partial charge in [-0.2, -0.15) is 0 Å². The van der Waals surface area contributed by atoms with E-state index in [-0.39, 0.29) is 26.4 Å². The van der Waals surface area contributed by atoms with Crippen molar-refractivity contribution in [1.82, 2.24) is 0 Å². The van der Waals surface area contributed by atoms with Crippen molar-refractivity contribution in [2.24, 2.45) is 5.41 Å². The van der Waals surface area contributed by atoms with E-state index in [1.54, 1.807) is 184 Å². The topological polar surface area (TPSA) is 199 Å². The molecule has 4 aromatic carbocycles. The molecule has 0 radical (unpaired) electrons. The third kappa shape index (κ3) is 14.9. The SMILES string of the molecule is CC(C)(O)c1cc(OCC(COc2cc(C(C)(C)O)cc(C(C)(C)O)c2)(COc2cc(C(C)(C)O)cc(C(C)(C)O)c2)COc2cc(C(C)(C)O)cc(C(C)(C)O)c2)cc(C(C)(C)O)c1. The number of hydrogen-bond donors (Lipinski definition) is 8. The summed E-state index contributed by atoms with van der Waals surface area (Å²) in [6.45, 7) is 25.5. The van der Waals surface area contributed by atoms with E-state index in [0.717, 1.165) is 0 Å². The number of rotatable bonds is 20. The Hall–Kier alpha value is -4.24. The molecule has 0 atom stereocenters. The summed E-state index contributed by atoms with van der Waals surface area (Å²) >= 11 is 0. The maximum absolute atomic E-state index is 11.1. The van der Waals surface area contributed by atoms with Crippen molar-refractivity contribution in [1.29, 1.82) is 0 Å². The van der Waals surface area contributed by atoms with E-state index in [1.807, 2.05) is 0 Å². The minimum Gasteiger partial charge on any atom is -0.493 e. The highest BCUT2D eigenvalue weighted by Gasteiger charge is 2.38. The zero-order valence-electron chi connectivity index (χ0n) is 41.5. The zero-order chi connectivity index (χ0) is 49.6. The first-order chi connectivity index (χ1) is 29.2. The second-order valence-electron chi connectivity index (χ2n) is 22.1. The Morgan fingerprint density at radius 2 is 0.369 bits per heavy atom. The van der Waals surface area contributed by atoms with Crippen molar-refractivity contribution >= 4 is 0 Å². The second kappa shape index (κ2) is 18.4. The van der Waals surface area contributed by atoms with Crippen LogP contribution in [-0.2, 0) is 44.8 Å². The van der Waals surface area contributed by atoms with E-state index >= 15 is 0 Å². The molecule has 360 valence electrons. The van der Waals surface area contributed by atoms with Crippen molar-refractivity contribution in [3.05, 3.63) is 117 Å². The number of hydrogen-bond acceptors (Lipinski definition) is 12. The molecule has 8 N–H and O–H groups in total. The summed E-state index contributed by atoms with van der Waals surface area (Å²) < 4.78 is 26.7. The molecule has 0 saturated heterocycles. The lowest BCUT2D eigenvalue weighted by Gasteiger charge is -2.34. The van der Waals surface area contributed by atoms with Gasteiger partial charge >= 0.3 is 0 Å². The predicted octanol–water partition coefficient (Wildman–Crippen LogP) is 8.11. The first-order valence-electron chi connectivity index (χ1n) is 22.1. The summed E-state index contributed by atoms with van der Waals surface area (Å²) in [4.78, 5) is 0. The average Bonchev–Trinajstić information content (AvgIpc) is 3.14. The van der Waals surface area contributed by atoms with Crippen LogP contribution in [0.3, 0.4) is 0 Å².